The smallest absolute Gasteiger partial charge is 0.261 e. The molecule has 0 unspecified atom stereocenters. The van der Waals surface area contributed by atoms with Crippen molar-refractivity contribution in [3.63, 3.8) is 0 Å². The highest BCUT2D eigenvalue weighted by atomic mass is 19.1. The predicted octanol–water partition coefficient (Wildman–Crippen LogP) is 3.40. The van der Waals surface area contributed by atoms with E-state index in [0.717, 1.165) is 6.07 Å². The number of para-hydroxylation sites is 1. The van der Waals surface area contributed by atoms with Gasteiger partial charge in [0, 0.05) is 0 Å². The maximum Gasteiger partial charge on any atom is 0.261 e. The first-order chi connectivity index (χ1) is 9.54. The van der Waals surface area contributed by atoms with Crippen LogP contribution in [-0.2, 0) is 0 Å². The second-order valence-electron chi connectivity index (χ2n) is 4.16. The fourth-order valence-electron chi connectivity index (χ4n) is 1.74. The molecule has 0 aliphatic carbocycles. The first kappa shape index (κ1) is 13.7. The van der Waals surface area contributed by atoms with E-state index in [-0.39, 0.29) is 16.8 Å². The summed E-state index contributed by atoms with van der Waals surface area (Å²) in [6.07, 6.45) is 0. The van der Waals surface area contributed by atoms with Crippen molar-refractivity contribution in [1.29, 1.82) is 5.26 Å². The highest BCUT2D eigenvalue weighted by Gasteiger charge is 2.19. The van der Waals surface area contributed by atoms with E-state index < -0.39 is 23.1 Å². The number of nitrogens with one attached hydrogen (secondary N) is 1. The third kappa shape index (κ3) is 2.50. The van der Waals surface area contributed by atoms with Gasteiger partial charge < -0.3 is 5.32 Å². The number of benzene rings is 2. The van der Waals surface area contributed by atoms with Crippen LogP contribution in [0.5, 0.6) is 0 Å². The molecule has 0 saturated carbocycles. The maximum atomic E-state index is 13.8. The van der Waals surface area contributed by atoms with Gasteiger partial charge in [-0.1, -0.05) is 18.2 Å². The van der Waals surface area contributed by atoms with Crippen molar-refractivity contribution in [2.45, 2.75) is 6.92 Å². The molecule has 100 valence electrons. The Kier molecular flexibility index (Phi) is 3.76. The van der Waals surface area contributed by atoms with Crippen molar-refractivity contribution in [3.8, 4) is 6.07 Å². The Morgan fingerprint density at radius 1 is 1.20 bits per heavy atom. The molecule has 0 bridgehead atoms. The van der Waals surface area contributed by atoms with E-state index in [1.165, 1.54) is 25.1 Å². The molecule has 1 N–H and O–H groups in total. The van der Waals surface area contributed by atoms with Crippen molar-refractivity contribution < 1.29 is 13.6 Å². The molecule has 1 amide bonds. The summed E-state index contributed by atoms with van der Waals surface area (Å²) in [7, 11) is 0. The summed E-state index contributed by atoms with van der Waals surface area (Å²) < 4.78 is 27.4. The van der Waals surface area contributed by atoms with Crippen molar-refractivity contribution in [1.82, 2.24) is 0 Å². The largest absolute Gasteiger partial charge is 0.321 e. The number of nitriles is 1. The van der Waals surface area contributed by atoms with Gasteiger partial charge in [0.25, 0.3) is 5.91 Å². The molecular weight excluding hydrogens is 262 g/mol. The third-order valence-corrected chi connectivity index (χ3v) is 2.81. The van der Waals surface area contributed by atoms with E-state index >= 15 is 0 Å². The number of halogens is 2. The van der Waals surface area contributed by atoms with Gasteiger partial charge in [0.1, 0.15) is 23.3 Å². The van der Waals surface area contributed by atoms with Gasteiger partial charge in [-0.05, 0) is 30.7 Å². The van der Waals surface area contributed by atoms with E-state index in [1.807, 2.05) is 6.07 Å². The summed E-state index contributed by atoms with van der Waals surface area (Å²) in [6.45, 7) is 1.44. The van der Waals surface area contributed by atoms with Crippen molar-refractivity contribution in [2.75, 3.05) is 5.32 Å². The van der Waals surface area contributed by atoms with Crippen LogP contribution in [0.4, 0.5) is 14.5 Å². The van der Waals surface area contributed by atoms with Crippen molar-refractivity contribution in [3.05, 3.63) is 64.7 Å². The molecule has 0 aliphatic heterocycles. The molecule has 0 fully saturated rings. The van der Waals surface area contributed by atoms with Gasteiger partial charge in [-0.2, -0.15) is 5.26 Å². The van der Waals surface area contributed by atoms with E-state index in [2.05, 4.69) is 5.32 Å². The van der Waals surface area contributed by atoms with Gasteiger partial charge in [0.2, 0.25) is 0 Å². The van der Waals surface area contributed by atoms with E-state index in [9.17, 15) is 13.6 Å². The fourth-order valence-corrected chi connectivity index (χ4v) is 1.74. The number of hydrogen-bond acceptors (Lipinski definition) is 2. The molecule has 0 aliphatic rings. The van der Waals surface area contributed by atoms with Crippen LogP contribution in [0.3, 0.4) is 0 Å². The Balaban J connectivity index is 2.39. The third-order valence-electron chi connectivity index (χ3n) is 2.81. The van der Waals surface area contributed by atoms with Crippen LogP contribution in [0.2, 0.25) is 0 Å². The number of hydrogen-bond donors (Lipinski definition) is 1. The van der Waals surface area contributed by atoms with Crippen LogP contribution in [0.1, 0.15) is 21.5 Å². The van der Waals surface area contributed by atoms with E-state index in [4.69, 9.17) is 5.26 Å². The molecule has 2 aromatic rings. The second-order valence-corrected chi connectivity index (χ2v) is 4.16. The molecule has 5 heteroatoms. The SMILES string of the molecule is Cc1ccc(F)c(C(=O)Nc2ccccc2C#N)c1F. The lowest BCUT2D eigenvalue weighted by molar-refractivity contribution is 0.101. The highest BCUT2D eigenvalue weighted by Crippen LogP contribution is 2.20. The number of aryl methyl sites for hydroxylation is 1. The molecule has 0 saturated heterocycles. The Morgan fingerprint density at radius 3 is 2.60 bits per heavy atom. The quantitative estimate of drug-likeness (QED) is 0.911. The molecular formula is C15H10F2N2O. The summed E-state index contributed by atoms with van der Waals surface area (Å²) in [4.78, 5) is 12.0. The van der Waals surface area contributed by atoms with Gasteiger partial charge in [-0.15, -0.1) is 0 Å². The standard InChI is InChI=1S/C15H10F2N2O/c1-9-6-7-11(16)13(14(9)17)15(20)19-12-5-3-2-4-10(12)8-18/h2-7H,1H3,(H,19,20). The van der Waals surface area contributed by atoms with Gasteiger partial charge >= 0.3 is 0 Å². The molecule has 0 heterocycles. The molecule has 0 radical (unpaired) electrons. The molecule has 2 aromatic carbocycles. The lowest BCUT2D eigenvalue weighted by Gasteiger charge is -2.09. The lowest BCUT2D eigenvalue weighted by atomic mass is 10.1. The molecule has 3 nitrogen and oxygen atoms in total. The number of amides is 1. The Hall–Kier alpha value is -2.74. The van der Waals surface area contributed by atoms with Crippen LogP contribution < -0.4 is 5.32 Å². The van der Waals surface area contributed by atoms with E-state index in [1.54, 1.807) is 12.1 Å². The van der Waals surface area contributed by atoms with Crippen LogP contribution >= 0.6 is 0 Å². The van der Waals surface area contributed by atoms with Crippen LogP contribution in [0.25, 0.3) is 0 Å². The average molecular weight is 272 g/mol. The monoisotopic (exact) mass is 272 g/mol. The zero-order valence-electron chi connectivity index (χ0n) is 10.6. The molecule has 0 atom stereocenters. The number of nitrogens with zero attached hydrogens (tertiary/aromatic N) is 1. The normalized spacial score (nSPS) is 9.90. The van der Waals surface area contributed by atoms with Gasteiger partial charge in [-0.3, -0.25) is 4.79 Å². The summed E-state index contributed by atoms with van der Waals surface area (Å²) >= 11 is 0. The second kappa shape index (κ2) is 5.49. The minimum atomic E-state index is -0.944. The summed E-state index contributed by atoms with van der Waals surface area (Å²) in [5.74, 6) is -2.77. The Labute approximate surface area is 114 Å². The zero-order chi connectivity index (χ0) is 14.7. The fraction of sp³-hybridized carbons (Fsp3) is 0.0667. The van der Waals surface area contributed by atoms with Gasteiger partial charge in [0.05, 0.1) is 11.3 Å². The molecule has 2 rings (SSSR count). The van der Waals surface area contributed by atoms with Crippen molar-refractivity contribution >= 4 is 11.6 Å². The first-order valence-corrected chi connectivity index (χ1v) is 5.79. The van der Waals surface area contributed by atoms with E-state index in [0.29, 0.717) is 0 Å². The van der Waals surface area contributed by atoms with Crippen LogP contribution in [0, 0.1) is 29.9 Å². The molecule has 0 aromatic heterocycles. The van der Waals surface area contributed by atoms with Crippen LogP contribution in [0.15, 0.2) is 36.4 Å². The van der Waals surface area contributed by atoms with Crippen LogP contribution in [-0.4, -0.2) is 5.91 Å². The summed E-state index contributed by atoms with van der Waals surface area (Å²) in [5.41, 5.74) is -0.0579. The minimum absolute atomic E-state index is 0.171. The number of anilines is 1. The average Bonchev–Trinajstić information content (AvgIpc) is 2.44. The first-order valence-electron chi connectivity index (χ1n) is 5.79. The lowest BCUT2D eigenvalue weighted by Crippen LogP contribution is -2.17. The number of rotatable bonds is 2. The molecule has 20 heavy (non-hydrogen) atoms. The van der Waals surface area contributed by atoms with Gasteiger partial charge in [0.15, 0.2) is 0 Å². The highest BCUT2D eigenvalue weighted by molar-refractivity contribution is 6.05. The predicted molar refractivity (Wildman–Crippen MR) is 70.2 cm³/mol. The minimum Gasteiger partial charge on any atom is -0.321 e. The maximum absolute atomic E-state index is 13.8. The summed E-state index contributed by atoms with van der Waals surface area (Å²) in [6, 6.07) is 10.4. The Bertz CT molecular complexity index is 720. The molecule has 0 spiro atoms. The zero-order valence-corrected chi connectivity index (χ0v) is 10.6. The Morgan fingerprint density at radius 2 is 1.90 bits per heavy atom. The van der Waals surface area contributed by atoms with Crippen molar-refractivity contribution in [2.24, 2.45) is 0 Å². The topological polar surface area (TPSA) is 52.9 Å². The number of carbonyl (C=O) groups excluding carboxylic acids is 1. The number of carbonyl (C=O) groups is 1. The summed E-state index contributed by atoms with van der Waals surface area (Å²) in [5, 5.41) is 11.3. The van der Waals surface area contributed by atoms with Gasteiger partial charge in [-0.25, -0.2) is 8.78 Å².